The van der Waals surface area contributed by atoms with Crippen LogP contribution in [-0.4, -0.2) is 36.6 Å². The Balaban J connectivity index is 2.54. The van der Waals surface area contributed by atoms with Gasteiger partial charge in [0.25, 0.3) is 0 Å². The summed E-state index contributed by atoms with van der Waals surface area (Å²) in [6, 6.07) is 1.42. The number of piperidine rings is 1. The van der Waals surface area contributed by atoms with Crippen LogP contribution in [0.5, 0.6) is 0 Å². The molecule has 0 bridgehead atoms. The van der Waals surface area contributed by atoms with Gasteiger partial charge >= 0.3 is 0 Å². The van der Waals surface area contributed by atoms with Gasteiger partial charge in [0, 0.05) is 18.6 Å². The molecule has 0 saturated carbocycles. The molecule has 0 aromatic rings. The van der Waals surface area contributed by atoms with E-state index in [-0.39, 0.29) is 0 Å². The van der Waals surface area contributed by atoms with Crippen molar-refractivity contribution in [1.29, 1.82) is 0 Å². The van der Waals surface area contributed by atoms with Crippen molar-refractivity contribution in [2.75, 3.05) is 19.6 Å². The van der Waals surface area contributed by atoms with E-state index in [9.17, 15) is 0 Å². The van der Waals surface area contributed by atoms with Gasteiger partial charge in [-0.1, -0.05) is 34.6 Å². The zero-order chi connectivity index (χ0) is 12.3. The largest absolute Gasteiger partial charge is 0.314 e. The first-order valence-corrected chi connectivity index (χ1v) is 6.82. The van der Waals surface area contributed by atoms with Gasteiger partial charge in [-0.05, 0) is 37.8 Å². The molecule has 1 aliphatic rings. The van der Waals surface area contributed by atoms with Crippen LogP contribution in [0.15, 0.2) is 0 Å². The summed E-state index contributed by atoms with van der Waals surface area (Å²) in [7, 11) is 0. The Morgan fingerprint density at radius 3 is 2.38 bits per heavy atom. The molecule has 3 unspecified atom stereocenters. The molecule has 0 amide bonds. The van der Waals surface area contributed by atoms with Gasteiger partial charge in [-0.25, -0.2) is 0 Å². The summed E-state index contributed by atoms with van der Waals surface area (Å²) in [5, 5.41) is 3.62. The van der Waals surface area contributed by atoms with Crippen molar-refractivity contribution in [2.45, 2.75) is 60.0 Å². The molecule has 96 valence electrons. The van der Waals surface area contributed by atoms with Crippen LogP contribution in [-0.2, 0) is 0 Å². The fourth-order valence-electron chi connectivity index (χ4n) is 2.82. The molecule has 3 atom stereocenters. The highest BCUT2D eigenvalue weighted by Crippen LogP contribution is 2.27. The summed E-state index contributed by atoms with van der Waals surface area (Å²) >= 11 is 0. The molecule has 2 heteroatoms. The van der Waals surface area contributed by atoms with Crippen LogP contribution in [0.2, 0.25) is 0 Å². The number of rotatable bonds is 3. The van der Waals surface area contributed by atoms with Crippen LogP contribution in [0.1, 0.15) is 48.0 Å². The zero-order valence-corrected chi connectivity index (χ0v) is 12.0. The summed E-state index contributed by atoms with van der Waals surface area (Å²) < 4.78 is 0. The van der Waals surface area contributed by atoms with E-state index >= 15 is 0 Å². The highest BCUT2D eigenvalue weighted by atomic mass is 15.2. The molecular formula is C14H30N2. The topological polar surface area (TPSA) is 15.3 Å². The van der Waals surface area contributed by atoms with Gasteiger partial charge < -0.3 is 5.32 Å². The van der Waals surface area contributed by atoms with Crippen molar-refractivity contribution in [2.24, 2.45) is 11.3 Å². The molecule has 0 aromatic heterocycles. The number of nitrogens with one attached hydrogen (secondary N) is 1. The van der Waals surface area contributed by atoms with Gasteiger partial charge in [0.05, 0.1) is 0 Å². The molecule has 1 fully saturated rings. The lowest BCUT2D eigenvalue weighted by Gasteiger charge is -2.45. The molecule has 0 aromatic carbocycles. The summed E-state index contributed by atoms with van der Waals surface area (Å²) in [5.74, 6) is 0.760. The van der Waals surface area contributed by atoms with Gasteiger partial charge in [0.1, 0.15) is 0 Å². The Morgan fingerprint density at radius 2 is 1.88 bits per heavy atom. The minimum Gasteiger partial charge on any atom is -0.314 e. The molecule has 1 heterocycles. The minimum absolute atomic E-state index is 0.416. The van der Waals surface area contributed by atoms with Crippen molar-refractivity contribution in [3.63, 3.8) is 0 Å². The number of likely N-dealkylation sites (tertiary alicyclic amines) is 1. The van der Waals surface area contributed by atoms with Crippen LogP contribution in [0, 0.1) is 11.3 Å². The smallest absolute Gasteiger partial charge is 0.0120 e. The summed E-state index contributed by atoms with van der Waals surface area (Å²) in [5.41, 5.74) is 0.416. The van der Waals surface area contributed by atoms with E-state index in [2.05, 4.69) is 51.8 Å². The Kier molecular flexibility index (Phi) is 4.81. The van der Waals surface area contributed by atoms with Crippen LogP contribution in [0.3, 0.4) is 0 Å². The van der Waals surface area contributed by atoms with Gasteiger partial charge in [0.2, 0.25) is 0 Å². The number of hydrogen-bond donors (Lipinski definition) is 1. The SMILES string of the molecule is CCNC1CCN(CC(C)(C)C)C(C)C1C. The fourth-order valence-corrected chi connectivity index (χ4v) is 2.82. The van der Waals surface area contributed by atoms with Gasteiger partial charge in [-0.2, -0.15) is 0 Å². The lowest BCUT2D eigenvalue weighted by molar-refractivity contribution is 0.0569. The molecule has 1 saturated heterocycles. The van der Waals surface area contributed by atoms with Gasteiger partial charge in [-0.3, -0.25) is 4.90 Å². The maximum atomic E-state index is 3.62. The van der Waals surface area contributed by atoms with Crippen LogP contribution in [0.25, 0.3) is 0 Å². The molecule has 0 radical (unpaired) electrons. The minimum atomic E-state index is 0.416. The van der Waals surface area contributed by atoms with Crippen LogP contribution >= 0.6 is 0 Å². The third-order valence-corrected chi connectivity index (χ3v) is 3.84. The second-order valence-electron chi connectivity index (χ2n) is 6.58. The van der Waals surface area contributed by atoms with Crippen molar-refractivity contribution in [1.82, 2.24) is 10.2 Å². The maximum Gasteiger partial charge on any atom is 0.0120 e. The van der Waals surface area contributed by atoms with Gasteiger partial charge in [0.15, 0.2) is 0 Å². The maximum absolute atomic E-state index is 3.62. The standard InChI is InChI=1S/C14H30N2/c1-7-15-13-8-9-16(10-14(4,5)6)12(3)11(13)2/h11-13,15H,7-10H2,1-6H3. The third-order valence-electron chi connectivity index (χ3n) is 3.84. The number of hydrogen-bond acceptors (Lipinski definition) is 2. The second-order valence-corrected chi connectivity index (χ2v) is 6.58. The van der Waals surface area contributed by atoms with E-state index in [1.807, 2.05) is 0 Å². The van der Waals surface area contributed by atoms with Gasteiger partial charge in [-0.15, -0.1) is 0 Å². The van der Waals surface area contributed by atoms with Crippen molar-refractivity contribution >= 4 is 0 Å². The second kappa shape index (κ2) is 5.50. The Bertz CT molecular complexity index is 207. The average molecular weight is 226 g/mol. The number of nitrogens with zero attached hydrogens (tertiary/aromatic N) is 1. The third kappa shape index (κ3) is 3.74. The molecule has 0 spiro atoms. The van der Waals surface area contributed by atoms with E-state index in [1.54, 1.807) is 0 Å². The highest BCUT2D eigenvalue weighted by molar-refractivity contribution is 4.89. The molecule has 1 aliphatic heterocycles. The summed E-state index contributed by atoms with van der Waals surface area (Å²) in [4.78, 5) is 2.67. The molecule has 0 aliphatic carbocycles. The van der Waals surface area contributed by atoms with Crippen molar-refractivity contribution in [3.05, 3.63) is 0 Å². The monoisotopic (exact) mass is 226 g/mol. The van der Waals surface area contributed by atoms with Crippen LogP contribution in [0.4, 0.5) is 0 Å². The molecular weight excluding hydrogens is 196 g/mol. The first kappa shape index (κ1) is 14.0. The lowest BCUT2D eigenvalue weighted by Crippen LogP contribution is -2.54. The van der Waals surface area contributed by atoms with Crippen LogP contribution < -0.4 is 5.32 Å². The van der Waals surface area contributed by atoms with E-state index in [4.69, 9.17) is 0 Å². The Labute approximate surface area is 102 Å². The van der Waals surface area contributed by atoms with E-state index in [1.165, 1.54) is 19.5 Å². The summed E-state index contributed by atoms with van der Waals surface area (Å²) in [6.07, 6.45) is 1.30. The van der Waals surface area contributed by atoms with Crippen molar-refractivity contribution < 1.29 is 0 Å². The Hall–Kier alpha value is -0.0800. The molecule has 1 rings (SSSR count). The first-order chi connectivity index (χ1) is 7.35. The normalized spacial score (nSPS) is 33.0. The quantitative estimate of drug-likeness (QED) is 0.796. The van der Waals surface area contributed by atoms with E-state index in [0.29, 0.717) is 11.5 Å². The summed E-state index contributed by atoms with van der Waals surface area (Å²) in [6.45, 7) is 17.6. The molecule has 2 nitrogen and oxygen atoms in total. The van der Waals surface area contributed by atoms with Crippen molar-refractivity contribution in [3.8, 4) is 0 Å². The average Bonchev–Trinajstić information content (AvgIpc) is 2.16. The molecule has 1 N–H and O–H groups in total. The Morgan fingerprint density at radius 1 is 1.25 bits per heavy atom. The van der Waals surface area contributed by atoms with E-state index < -0.39 is 0 Å². The highest BCUT2D eigenvalue weighted by Gasteiger charge is 2.33. The predicted molar refractivity (Wildman–Crippen MR) is 71.7 cm³/mol. The lowest BCUT2D eigenvalue weighted by atomic mass is 9.85. The first-order valence-electron chi connectivity index (χ1n) is 6.82. The van der Waals surface area contributed by atoms with E-state index in [0.717, 1.165) is 18.5 Å². The molecule has 16 heavy (non-hydrogen) atoms. The zero-order valence-electron chi connectivity index (χ0n) is 12.0. The predicted octanol–water partition coefficient (Wildman–Crippen LogP) is 2.74. The fraction of sp³-hybridized carbons (Fsp3) is 1.00.